The van der Waals surface area contributed by atoms with Gasteiger partial charge in [0.1, 0.15) is 6.04 Å². The Hall–Kier alpha value is -4.73. The highest BCUT2D eigenvalue weighted by Crippen LogP contribution is 2.19. The Kier molecular flexibility index (Phi) is 10.3. The quantitative estimate of drug-likeness (QED) is 0.233. The number of fused-ring (bicyclic) bond motifs is 1. The molecule has 0 saturated carbocycles. The topological polar surface area (TPSA) is 154 Å². The fourth-order valence-corrected chi connectivity index (χ4v) is 3.71. The molecule has 3 rings (SSSR count). The smallest absolute Gasteiger partial charge is 0.303 e. The van der Waals surface area contributed by atoms with Gasteiger partial charge in [0.15, 0.2) is 0 Å². The first-order valence-electron chi connectivity index (χ1n) is 12.2. The van der Waals surface area contributed by atoms with E-state index < -0.39 is 35.6 Å². The van der Waals surface area contributed by atoms with Gasteiger partial charge < -0.3 is 26.4 Å². The first-order chi connectivity index (χ1) is 18.3. The summed E-state index contributed by atoms with van der Waals surface area (Å²) in [5.41, 5.74) is 1.44. The van der Waals surface area contributed by atoms with Crippen molar-refractivity contribution in [2.45, 2.75) is 31.7 Å². The number of anilines is 1. The Morgan fingerprint density at radius 3 is 2.11 bits per heavy atom. The van der Waals surface area contributed by atoms with E-state index in [1.165, 1.54) is 0 Å². The summed E-state index contributed by atoms with van der Waals surface area (Å²) in [5.74, 6) is -3.03. The monoisotopic (exact) mass is 518 g/mol. The maximum atomic E-state index is 13.1. The molecule has 0 heterocycles. The van der Waals surface area contributed by atoms with Gasteiger partial charge in [-0.1, -0.05) is 60.7 Å². The number of nitrogens with one attached hydrogen (secondary N) is 4. The molecule has 198 valence electrons. The van der Waals surface area contributed by atoms with Crippen molar-refractivity contribution in [1.82, 2.24) is 16.0 Å². The molecule has 0 aliphatic heterocycles. The lowest BCUT2D eigenvalue weighted by Crippen LogP contribution is -2.49. The lowest BCUT2D eigenvalue weighted by atomic mass is 10.0. The predicted octanol–water partition coefficient (Wildman–Crippen LogP) is 1.99. The number of amides is 4. The summed E-state index contributed by atoms with van der Waals surface area (Å²) in [7, 11) is 0. The highest BCUT2D eigenvalue weighted by Gasteiger charge is 2.22. The van der Waals surface area contributed by atoms with Crippen LogP contribution >= 0.6 is 0 Å². The van der Waals surface area contributed by atoms with Gasteiger partial charge in [-0.25, -0.2) is 0 Å². The summed E-state index contributed by atoms with van der Waals surface area (Å²) >= 11 is 0. The van der Waals surface area contributed by atoms with Crippen LogP contribution in [-0.2, 0) is 30.4 Å². The number of carboxylic acid groups (broad SMARTS) is 1. The van der Waals surface area contributed by atoms with Crippen molar-refractivity contribution < 1.29 is 29.1 Å². The lowest BCUT2D eigenvalue weighted by Gasteiger charge is -2.19. The Morgan fingerprint density at radius 2 is 1.37 bits per heavy atom. The molecular weight excluding hydrogens is 488 g/mol. The molecule has 0 aromatic heterocycles. The number of hydrogen-bond acceptors (Lipinski definition) is 5. The van der Waals surface area contributed by atoms with Crippen LogP contribution in [0, 0.1) is 0 Å². The zero-order valence-corrected chi connectivity index (χ0v) is 20.7. The van der Waals surface area contributed by atoms with Crippen molar-refractivity contribution in [3.05, 3.63) is 78.4 Å². The Balaban J connectivity index is 1.54. The van der Waals surface area contributed by atoms with Crippen LogP contribution in [0.5, 0.6) is 0 Å². The van der Waals surface area contributed by atoms with Crippen molar-refractivity contribution in [3.63, 3.8) is 0 Å². The van der Waals surface area contributed by atoms with E-state index in [0.29, 0.717) is 5.69 Å². The van der Waals surface area contributed by atoms with E-state index in [-0.39, 0.29) is 38.8 Å². The molecule has 0 bridgehead atoms. The van der Waals surface area contributed by atoms with Gasteiger partial charge in [-0.05, 0) is 34.9 Å². The maximum Gasteiger partial charge on any atom is 0.303 e. The van der Waals surface area contributed by atoms with Gasteiger partial charge in [-0.2, -0.15) is 0 Å². The van der Waals surface area contributed by atoms with E-state index in [1.54, 1.807) is 6.07 Å². The summed E-state index contributed by atoms with van der Waals surface area (Å²) in [6.07, 6.45) is 0.244. The van der Waals surface area contributed by atoms with Crippen molar-refractivity contribution >= 4 is 46.1 Å². The number of carbonyl (C=O) groups is 5. The van der Waals surface area contributed by atoms with Gasteiger partial charge in [0.2, 0.25) is 23.6 Å². The highest BCUT2D eigenvalue weighted by atomic mass is 16.4. The van der Waals surface area contributed by atoms with E-state index in [9.17, 15) is 24.0 Å². The molecule has 38 heavy (non-hydrogen) atoms. The molecule has 3 aromatic rings. The first kappa shape index (κ1) is 27.9. The highest BCUT2D eigenvalue weighted by molar-refractivity contribution is 5.99. The van der Waals surface area contributed by atoms with Crippen LogP contribution in [0.25, 0.3) is 10.8 Å². The average Bonchev–Trinajstić information content (AvgIpc) is 2.90. The van der Waals surface area contributed by atoms with Crippen LogP contribution in [0.4, 0.5) is 5.69 Å². The molecule has 0 fully saturated rings. The summed E-state index contributed by atoms with van der Waals surface area (Å²) in [6, 6.07) is 21.6. The van der Waals surface area contributed by atoms with Gasteiger partial charge in [0.05, 0.1) is 13.1 Å². The van der Waals surface area contributed by atoms with E-state index >= 15 is 0 Å². The van der Waals surface area contributed by atoms with Crippen molar-refractivity contribution in [1.29, 1.82) is 0 Å². The third kappa shape index (κ3) is 9.38. The Bertz CT molecular complexity index is 1290. The van der Waals surface area contributed by atoms with Crippen LogP contribution in [0.3, 0.4) is 0 Å². The number of carboxylic acids is 1. The second kappa shape index (κ2) is 14.1. The fraction of sp³-hybridized carbons (Fsp3) is 0.250. The fourth-order valence-electron chi connectivity index (χ4n) is 3.71. The molecule has 0 spiro atoms. The molecule has 3 aromatic carbocycles. The minimum Gasteiger partial charge on any atom is -0.481 e. The second-order valence-corrected chi connectivity index (χ2v) is 8.66. The molecule has 10 heteroatoms. The summed E-state index contributed by atoms with van der Waals surface area (Å²) < 4.78 is 0. The number of hydrogen-bond donors (Lipinski definition) is 5. The van der Waals surface area contributed by atoms with E-state index in [2.05, 4.69) is 21.3 Å². The third-order valence-corrected chi connectivity index (χ3v) is 5.64. The van der Waals surface area contributed by atoms with Crippen molar-refractivity contribution in [2.75, 3.05) is 18.4 Å². The SMILES string of the molecule is O=C(O)CCCC(=O)NCC(=O)NCC(=O)NC(Cc1ccccc1)C(=O)Nc1ccc2ccccc2c1. The molecular formula is C28H30N4O6. The van der Waals surface area contributed by atoms with Crippen LogP contribution < -0.4 is 21.3 Å². The molecule has 0 aliphatic rings. The Morgan fingerprint density at radius 1 is 0.711 bits per heavy atom. The predicted molar refractivity (Wildman–Crippen MR) is 142 cm³/mol. The number of rotatable bonds is 13. The van der Waals surface area contributed by atoms with E-state index in [1.807, 2.05) is 66.7 Å². The largest absolute Gasteiger partial charge is 0.481 e. The van der Waals surface area contributed by atoms with Crippen LogP contribution in [-0.4, -0.2) is 53.8 Å². The van der Waals surface area contributed by atoms with Gasteiger partial charge in [-0.3, -0.25) is 24.0 Å². The molecule has 0 radical (unpaired) electrons. The standard InChI is InChI=1S/C28H30N4O6/c33-24(11-6-12-27(36)37)29-17-25(34)30-18-26(35)32-23(15-19-7-2-1-3-8-19)28(38)31-22-14-13-20-9-4-5-10-21(20)16-22/h1-5,7-10,13-14,16,23H,6,11-12,15,17-18H2,(H,29,33)(H,30,34)(H,31,38)(H,32,35)(H,36,37). The number of carbonyl (C=O) groups excluding carboxylic acids is 4. The van der Waals surface area contributed by atoms with Gasteiger partial charge in [-0.15, -0.1) is 0 Å². The number of benzene rings is 3. The van der Waals surface area contributed by atoms with Crippen molar-refractivity contribution in [3.8, 4) is 0 Å². The Labute approximate surface area is 219 Å². The molecule has 0 saturated heterocycles. The summed E-state index contributed by atoms with van der Waals surface area (Å²) in [4.78, 5) is 59.9. The van der Waals surface area contributed by atoms with Crippen molar-refractivity contribution in [2.24, 2.45) is 0 Å². The van der Waals surface area contributed by atoms with Crippen LogP contribution in [0.15, 0.2) is 72.8 Å². The minimum absolute atomic E-state index is 0.0203. The molecule has 5 N–H and O–H groups in total. The lowest BCUT2D eigenvalue weighted by molar-refractivity contribution is -0.137. The zero-order valence-electron chi connectivity index (χ0n) is 20.7. The molecule has 1 atom stereocenters. The van der Waals surface area contributed by atoms with Crippen LogP contribution in [0.1, 0.15) is 24.8 Å². The molecule has 0 aliphatic carbocycles. The van der Waals surface area contributed by atoms with Gasteiger partial charge in [0, 0.05) is 24.9 Å². The summed E-state index contributed by atoms with van der Waals surface area (Å²) in [6.45, 7) is -0.739. The van der Waals surface area contributed by atoms with E-state index in [0.717, 1.165) is 16.3 Å². The van der Waals surface area contributed by atoms with Crippen LogP contribution in [0.2, 0.25) is 0 Å². The maximum absolute atomic E-state index is 13.1. The van der Waals surface area contributed by atoms with Gasteiger partial charge in [0.25, 0.3) is 0 Å². The normalized spacial score (nSPS) is 11.3. The number of aliphatic carboxylic acids is 1. The van der Waals surface area contributed by atoms with E-state index in [4.69, 9.17) is 5.11 Å². The average molecular weight is 519 g/mol. The third-order valence-electron chi connectivity index (χ3n) is 5.64. The molecule has 10 nitrogen and oxygen atoms in total. The first-order valence-corrected chi connectivity index (χ1v) is 12.2. The molecule has 4 amide bonds. The summed E-state index contributed by atoms with van der Waals surface area (Å²) in [5, 5.41) is 20.9. The second-order valence-electron chi connectivity index (χ2n) is 8.66. The zero-order chi connectivity index (χ0) is 27.3. The van der Waals surface area contributed by atoms with Gasteiger partial charge >= 0.3 is 5.97 Å². The molecule has 1 unspecified atom stereocenters. The minimum atomic E-state index is -1.00.